The lowest BCUT2D eigenvalue weighted by atomic mass is 9.98. The van der Waals surface area contributed by atoms with Crippen molar-refractivity contribution < 1.29 is 4.74 Å². The normalized spacial score (nSPS) is 29.8. The van der Waals surface area contributed by atoms with E-state index in [9.17, 15) is 0 Å². The van der Waals surface area contributed by atoms with Crippen LogP contribution >= 0.6 is 0 Å². The second-order valence-electron chi connectivity index (χ2n) is 6.27. The van der Waals surface area contributed by atoms with Gasteiger partial charge in [0.25, 0.3) is 0 Å². The molecule has 1 heterocycles. The molecule has 1 N–H and O–H groups in total. The Morgan fingerprint density at radius 2 is 1.78 bits per heavy atom. The van der Waals surface area contributed by atoms with E-state index in [1.807, 2.05) is 0 Å². The summed E-state index contributed by atoms with van der Waals surface area (Å²) >= 11 is 0. The van der Waals surface area contributed by atoms with Crippen LogP contribution in [0, 0.1) is 5.92 Å². The Bertz CT molecular complexity index is 213. The van der Waals surface area contributed by atoms with Gasteiger partial charge in [-0.05, 0) is 18.8 Å². The quantitative estimate of drug-likeness (QED) is 0.695. The number of morpholine rings is 1. The molecule has 1 saturated carbocycles. The molecular formula is C16H31NO. The van der Waals surface area contributed by atoms with Crippen molar-refractivity contribution in [3.63, 3.8) is 0 Å². The molecule has 0 radical (unpaired) electrons. The lowest BCUT2D eigenvalue weighted by Gasteiger charge is -2.32. The lowest BCUT2D eigenvalue weighted by Crippen LogP contribution is -2.45. The summed E-state index contributed by atoms with van der Waals surface area (Å²) in [5, 5.41) is 3.57. The first-order valence-electron chi connectivity index (χ1n) is 8.24. The van der Waals surface area contributed by atoms with Crippen LogP contribution in [0.15, 0.2) is 0 Å². The second-order valence-corrected chi connectivity index (χ2v) is 6.27. The van der Waals surface area contributed by atoms with Crippen molar-refractivity contribution in [1.29, 1.82) is 0 Å². The maximum absolute atomic E-state index is 6.27. The number of unbranched alkanes of at least 4 members (excludes halogenated alkanes) is 3. The fourth-order valence-electron chi connectivity index (χ4n) is 3.50. The van der Waals surface area contributed by atoms with Gasteiger partial charge in [-0.15, -0.1) is 0 Å². The maximum atomic E-state index is 6.27. The first-order chi connectivity index (χ1) is 8.88. The third-order valence-corrected chi connectivity index (χ3v) is 4.58. The molecule has 2 rings (SSSR count). The van der Waals surface area contributed by atoms with E-state index < -0.39 is 0 Å². The van der Waals surface area contributed by atoms with E-state index in [0.717, 1.165) is 19.0 Å². The average molecular weight is 253 g/mol. The van der Waals surface area contributed by atoms with Gasteiger partial charge in [0.05, 0.1) is 12.2 Å². The fraction of sp³-hybridized carbons (Fsp3) is 1.00. The lowest BCUT2D eigenvalue weighted by molar-refractivity contribution is -0.0511. The Labute approximate surface area is 113 Å². The van der Waals surface area contributed by atoms with E-state index in [0.29, 0.717) is 12.2 Å². The predicted molar refractivity (Wildman–Crippen MR) is 76.9 cm³/mol. The van der Waals surface area contributed by atoms with Gasteiger partial charge in [0.1, 0.15) is 0 Å². The summed E-state index contributed by atoms with van der Waals surface area (Å²) in [5.74, 6) is 0.954. The highest BCUT2D eigenvalue weighted by atomic mass is 16.5. The standard InChI is InChI=1S/C16H31NO/c1-2-3-4-5-10-15-12-17-13-16(18-15)11-14-8-6-7-9-14/h14-17H,2-13H2,1H3. The molecule has 106 valence electrons. The Hall–Kier alpha value is -0.0800. The molecule has 0 aromatic carbocycles. The van der Waals surface area contributed by atoms with E-state index in [2.05, 4.69) is 12.2 Å². The topological polar surface area (TPSA) is 21.3 Å². The number of hydrogen-bond acceptors (Lipinski definition) is 2. The first kappa shape index (κ1) is 14.3. The summed E-state index contributed by atoms with van der Waals surface area (Å²) < 4.78 is 6.27. The molecule has 1 aliphatic carbocycles. The van der Waals surface area contributed by atoms with Gasteiger partial charge < -0.3 is 10.1 Å². The Balaban J connectivity index is 1.61. The van der Waals surface area contributed by atoms with Crippen LogP contribution < -0.4 is 5.32 Å². The highest BCUT2D eigenvalue weighted by Crippen LogP contribution is 2.30. The molecule has 2 aliphatic rings. The summed E-state index contributed by atoms with van der Waals surface area (Å²) in [6, 6.07) is 0. The molecule has 0 aromatic rings. The predicted octanol–water partition coefficient (Wildman–Crippen LogP) is 3.89. The minimum Gasteiger partial charge on any atom is -0.372 e. The first-order valence-corrected chi connectivity index (χ1v) is 8.24. The van der Waals surface area contributed by atoms with Crippen molar-refractivity contribution in [2.45, 2.75) is 83.3 Å². The van der Waals surface area contributed by atoms with Crippen LogP contribution in [-0.2, 0) is 4.74 Å². The highest BCUT2D eigenvalue weighted by molar-refractivity contribution is 4.79. The summed E-state index contributed by atoms with van der Waals surface area (Å²) in [6.45, 7) is 4.44. The van der Waals surface area contributed by atoms with E-state index in [-0.39, 0.29) is 0 Å². The molecule has 0 amide bonds. The zero-order valence-electron chi connectivity index (χ0n) is 12.1. The van der Waals surface area contributed by atoms with E-state index in [4.69, 9.17) is 4.74 Å². The minimum absolute atomic E-state index is 0.488. The summed E-state index contributed by atoms with van der Waals surface area (Å²) in [6.07, 6.45) is 14.8. The molecule has 0 spiro atoms. The van der Waals surface area contributed by atoms with Crippen molar-refractivity contribution >= 4 is 0 Å². The van der Waals surface area contributed by atoms with Crippen LogP contribution in [0.2, 0.25) is 0 Å². The molecule has 1 aliphatic heterocycles. The monoisotopic (exact) mass is 253 g/mol. The van der Waals surface area contributed by atoms with Crippen molar-refractivity contribution in [2.75, 3.05) is 13.1 Å². The second kappa shape index (κ2) is 8.16. The zero-order chi connectivity index (χ0) is 12.6. The highest BCUT2D eigenvalue weighted by Gasteiger charge is 2.25. The fourth-order valence-corrected chi connectivity index (χ4v) is 3.50. The zero-order valence-corrected chi connectivity index (χ0v) is 12.1. The molecule has 18 heavy (non-hydrogen) atoms. The van der Waals surface area contributed by atoms with Crippen LogP contribution in [-0.4, -0.2) is 25.3 Å². The smallest absolute Gasteiger partial charge is 0.0706 e. The number of ether oxygens (including phenoxy) is 1. The molecule has 1 saturated heterocycles. The van der Waals surface area contributed by atoms with Crippen molar-refractivity contribution in [1.82, 2.24) is 5.32 Å². The van der Waals surface area contributed by atoms with Gasteiger partial charge in [0.2, 0.25) is 0 Å². The van der Waals surface area contributed by atoms with Crippen LogP contribution in [0.3, 0.4) is 0 Å². The SMILES string of the molecule is CCCCCCC1CNCC(CC2CCCC2)O1. The van der Waals surface area contributed by atoms with Gasteiger partial charge in [-0.25, -0.2) is 0 Å². The van der Waals surface area contributed by atoms with Crippen LogP contribution in [0.4, 0.5) is 0 Å². The molecule has 0 aromatic heterocycles. The third-order valence-electron chi connectivity index (χ3n) is 4.58. The maximum Gasteiger partial charge on any atom is 0.0706 e. The molecule has 2 heteroatoms. The molecule has 2 unspecified atom stereocenters. The van der Waals surface area contributed by atoms with Crippen molar-refractivity contribution in [2.24, 2.45) is 5.92 Å². The van der Waals surface area contributed by atoms with Gasteiger partial charge in [0.15, 0.2) is 0 Å². The van der Waals surface area contributed by atoms with Crippen LogP contribution in [0.5, 0.6) is 0 Å². The molecule has 2 atom stereocenters. The molecular weight excluding hydrogens is 222 g/mol. The largest absolute Gasteiger partial charge is 0.372 e. The van der Waals surface area contributed by atoms with E-state index >= 15 is 0 Å². The van der Waals surface area contributed by atoms with Gasteiger partial charge >= 0.3 is 0 Å². The average Bonchev–Trinajstić information content (AvgIpc) is 2.88. The Morgan fingerprint density at radius 1 is 1.00 bits per heavy atom. The van der Waals surface area contributed by atoms with E-state index in [1.54, 1.807) is 0 Å². The van der Waals surface area contributed by atoms with Crippen molar-refractivity contribution in [3.05, 3.63) is 0 Å². The van der Waals surface area contributed by atoms with Gasteiger partial charge in [-0.2, -0.15) is 0 Å². The molecule has 2 fully saturated rings. The van der Waals surface area contributed by atoms with Crippen LogP contribution in [0.1, 0.15) is 71.1 Å². The number of rotatable bonds is 7. The number of hydrogen-bond donors (Lipinski definition) is 1. The molecule has 2 nitrogen and oxygen atoms in total. The number of nitrogens with one attached hydrogen (secondary N) is 1. The van der Waals surface area contributed by atoms with Gasteiger partial charge in [0, 0.05) is 13.1 Å². The summed E-state index contributed by atoms with van der Waals surface area (Å²) in [4.78, 5) is 0. The van der Waals surface area contributed by atoms with Crippen LogP contribution in [0.25, 0.3) is 0 Å². The third kappa shape index (κ3) is 4.89. The Morgan fingerprint density at radius 3 is 2.56 bits per heavy atom. The summed E-state index contributed by atoms with van der Waals surface area (Å²) in [5.41, 5.74) is 0. The van der Waals surface area contributed by atoms with Gasteiger partial charge in [-0.1, -0.05) is 58.3 Å². The van der Waals surface area contributed by atoms with Crippen molar-refractivity contribution in [3.8, 4) is 0 Å². The Kier molecular flexibility index (Phi) is 6.50. The van der Waals surface area contributed by atoms with Gasteiger partial charge in [-0.3, -0.25) is 0 Å². The molecule has 0 bridgehead atoms. The van der Waals surface area contributed by atoms with E-state index in [1.165, 1.54) is 64.2 Å². The summed E-state index contributed by atoms with van der Waals surface area (Å²) in [7, 11) is 0. The minimum atomic E-state index is 0.488.